The third kappa shape index (κ3) is 5.25. The first-order chi connectivity index (χ1) is 8.11. The molecule has 0 aromatic carbocycles. The Hall–Kier alpha value is -0.980. The fourth-order valence-electron chi connectivity index (χ4n) is 1.21. The van der Waals surface area contributed by atoms with Crippen LogP contribution in [0.5, 0.6) is 0 Å². The highest BCUT2D eigenvalue weighted by atomic mass is 79.9. The quantitative estimate of drug-likeness (QED) is 0.671. The second-order valence-corrected chi connectivity index (χ2v) is 4.50. The van der Waals surface area contributed by atoms with Gasteiger partial charge in [0.1, 0.15) is 5.69 Å². The van der Waals surface area contributed by atoms with E-state index in [-0.39, 0.29) is 12.0 Å². The highest BCUT2D eigenvalue weighted by Crippen LogP contribution is 2.12. The van der Waals surface area contributed by atoms with Crippen LogP contribution in [-0.4, -0.2) is 41.7 Å². The van der Waals surface area contributed by atoms with E-state index in [1.54, 1.807) is 25.3 Å². The largest absolute Gasteiger partial charge is 0.392 e. The van der Waals surface area contributed by atoms with Gasteiger partial charge >= 0.3 is 0 Å². The van der Waals surface area contributed by atoms with Gasteiger partial charge in [-0.25, -0.2) is 4.98 Å². The zero-order chi connectivity index (χ0) is 12.7. The molecule has 0 saturated heterocycles. The summed E-state index contributed by atoms with van der Waals surface area (Å²) in [6, 6.07) is 3.53. The Bertz CT molecular complexity index is 371. The van der Waals surface area contributed by atoms with Crippen molar-refractivity contribution in [1.82, 2.24) is 15.6 Å². The smallest absolute Gasteiger partial charge is 0.271 e. The molecule has 1 atom stereocenters. The molecule has 94 valence electrons. The van der Waals surface area contributed by atoms with E-state index in [9.17, 15) is 4.79 Å². The summed E-state index contributed by atoms with van der Waals surface area (Å²) in [5.74, 6) is -0.212. The lowest BCUT2D eigenvalue weighted by Crippen LogP contribution is -2.34. The summed E-state index contributed by atoms with van der Waals surface area (Å²) in [5.41, 5.74) is 0.378. The van der Waals surface area contributed by atoms with Gasteiger partial charge < -0.3 is 15.7 Å². The predicted octanol–water partition coefficient (Wildman–Crippen LogP) is 0.544. The van der Waals surface area contributed by atoms with E-state index < -0.39 is 0 Å². The number of carbonyl (C=O) groups is 1. The minimum absolute atomic E-state index is 0.212. The van der Waals surface area contributed by atoms with Crippen LogP contribution in [-0.2, 0) is 0 Å². The first kappa shape index (κ1) is 14.1. The number of hydrogen-bond donors (Lipinski definition) is 3. The van der Waals surface area contributed by atoms with E-state index in [1.807, 2.05) is 0 Å². The lowest BCUT2D eigenvalue weighted by atomic mass is 10.3. The van der Waals surface area contributed by atoms with Crippen LogP contribution >= 0.6 is 15.9 Å². The van der Waals surface area contributed by atoms with Gasteiger partial charge in [-0.3, -0.25) is 4.79 Å². The second-order valence-electron chi connectivity index (χ2n) is 3.64. The zero-order valence-corrected chi connectivity index (χ0v) is 11.2. The van der Waals surface area contributed by atoms with Crippen LogP contribution in [0.2, 0.25) is 0 Å². The summed E-state index contributed by atoms with van der Waals surface area (Å²) < 4.78 is 0.675. The fraction of sp³-hybridized carbons (Fsp3) is 0.455. The highest BCUT2D eigenvalue weighted by molar-refractivity contribution is 9.10. The van der Waals surface area contributed by atoms with E-state index >= 15 is 0 Å². The number of nitrogens with one attached hydrogen (secondary N) is 2. The number of hydrogen-bond acceptors (Lipinski definition) is 4. The molecule has 0 saturated carbocycles. The van der Waals surface area contributed by atoms with Gasteiger partial charge in [0.15, 0.2) is 0 Å². The van der Waals surface area contributed by atoms with Crippen LogP contribution in [0.25, 0.3) is 0 Å². The molecule has 1 rings (SSSR count). The fourth-order valence-corrected chi connectivity index (χ4v) is 1.65. The molecule has 17 heavy (non-hydrogen) atoms. The summed E-state index contributed by atoms with van der Waals surface area (Å²) in [7, 11) is 0. The van der Waals surface area contributed by atoms with Gasteiger partial charge in [-0.1, -0.05) is 0 Å². The van der Waals surface area contributed by atoms with E-state index in [4.69, 9.17) is 5.11 Å². The third-order valence-electron chi connectivity index (χ3n) is 2.00. The molecule has 1 unspecified atom stereocenters. The molecule has 6 heteroatoms. The molecule has 0 fully saturated rings. The number of pyridine rings is 1. The molecule has 1 amide bonds. The second kappa shape index (κ2) is 7.37. The van der Waals surface area contributed by atoms with Crippen molar-refractivity contribution in [3.8, 4) is 0 Å². The number of aliphatic hydroxyl groups excluding tert-OH is 1. The SMILES string of the molecule is CC(O)CNCCNC(=O)c1ncccc1Br. The van der Waals surface area contributed by atoms with Gasteiger partial charge in [0.25, 0.3) is 5.91 Å². The average molecular weight is 302 g/mol. The molecule has 1 aromatic rings. The molecule has 1 heterocycles. The van der Waals surface area contributed by atoms with Crippen LogP contribution in [0.15, 0.2) is 22.8 Å². The minimum atomic E-state index is -0.379. The molecule has 1 aromatic heterocycles. The van der Waals surface area contributed by atoms with E-state index in [0.717, 1.165) is 0 Å². The summed E-state index contributed by atoms with van der Waals surface area (Å²) in [6.07, 6.45) is 1.20. The first-order valence-corrected chi connectivity index (χ1v) is 6.18. The van der Waals surface area contributed by atoms with Crippen molar-refractivity contribution in [3.05, 3.63) is 28.5 Å². The maximum atomic E-state index is 11.7. The highest BCUT2D eigenvalue weighted by Gasteiger charge is 2.09. The van der Waals surface area contributed by atoms with Crippen molar-refractivity contribution in [2.75, 3.05) is 19.6 Å². The molecule has 0 aliphatic heterocycles. The van der Waals surface area contributed by atoms with Gasteiger partial charge in [0.2, 0.25) is 0 Å². The monoisotopic (exact) mass is 301 g/mol. The number of carbonyl (C=O) groups excluding carboxylic acids is 1. The van der Waals surface area contributed by atoms with Crippen LogP contribution < -0.4 is 10.6 Å². The van der Waals surface area contributed by atoms with Crippen molar-refractivity contribution >= 4 is 21.8 Å². The lowest BCUT2D eigenvalue weighted by molar-refractivity contribution is 0.0948. The molecular formula is C11H16BrN3O2. The van der Waals surface area contributed by atoms with Crippen molar-refractivity contribution in [2.24, 2.45) is 0 Å². The van der Waals surface area contributed by atoms with Gasteiger partial charge in [-0.05, 0) is 35.0 Å². The molecular weight excluding hydrogens is 286 g/mol. The third-order valence-corrected chi connectivity index (χ3v) is 2.64. The van der Waals surface area contributed by atoms with Crippen molar-refractivity contribution < 1.29 is 9.90 Å². The number of halogens is 1. The first-order valence-electron chi connectivity index (χ1n) is 5.38. The summed E-state index contributed by atoms with van der Waals surface area (Å²) in [5, 5.41) is 14.8. The Morgan fingerprint density at radius 3 is 3.00 bits per heavy atom. The Kier molecular flexibility index (Phi) is 6.10. The van der Waals surface area contributed by atoms with Crippen molar-refractivity contribution in [1.29, 1.82) is 0 Å². The van der Waals surface area contributed by atoms with Crippen LogP contribution in [0.4, 0.5) is 0 Å². The van der Waals surface area contributed by atoms with E-state index in [1.165, 1.54) is 0 Å². The maximum absolute atomic E-state index is 11.7. The van der Waals surface area contributed by atoms with Gasteiger partial charge in [0, 0.05) is 30.3 Å². The normalized spacial score (nSPS) is 12.2. The Labute approximate surface area is 109 Å². The number of amides is 1. The van der Waals surface area contributed by atoms with Crippen LogP contribution in [0.1, 0.15) is 17.4 Å². The maximum Gasteiger partial charge on any atom is 0.271 e. The number of aromatic nitrogens is 1. The Morgan fingerprint density at radius 2 is 2.35 bits per heavy atom. The lowest BCUT2D eigenvalue weighted by Gasteiger charge is -2.08. The molecule has 0 radical (unpaired) electrons. The standard InChI is InChI=1S/C11H16BrN3O2/c1-8(16)7-13-5-6-15-11(17)10-9(12)3-2-4-14-10/h2-4,8,13,16H,5-7H2,1H3,(H,15,17). The number of nitrogens with zero attached hydrogens (tertiary/aromatic N) is 1. The number of aliphatic hydroxyl groups is 1. The summed E-state index contributed by atoms with van der Waals surface area (Å²) in [4.78, 5) is 15.7. The topological polar surface area (TPSA) is 74.2 Å². The summed E-state index contributed by atoms with van der Waals surface area (Å²) in [6.45, 7) is 3.33. The molecule has 0 aliphatic rings. The minimum Gasteiger partial charge on any atom is -0.392 e. The molecule has 0 spiro atoms. The average Bonchev–Trinajstić information content (AvgIpc) is 2.28. The predicted molar refractivity (Wildman–Crippen MR) is 68.8 cm³/mol. The molecule has 5 nitrogen and oxygen atoms in total. The van der Waals surface area contributed by atoms with E-state index in [0.29, 0.717) is 29.8 Å². The summed E-state index contributed by atoms with van der Waals surface area (Å²) >= 11 is 3.27. The van der Waals surface area contributed by atoms with Gasteiger partial charge in [-0.2, -0.15) is 0 Å². The van der Waals surface area contributed by atoms with Crippen LogP contribution in [0.3, 0.4) is 0 Å². The van der Waals surface area contributed by atoms with Crippen LogP contribution in [0, 0.1) is 0 Å². The van der Waals surface area contributed by atoms with E-state index in [2.05, 4.69) is 31.5 Å². The Balaban J connectivity index is 2.29. The number of rotatable bonds is 6. The van der Waals surface area contributed by atoms with Crippen molar-refractivity contribution in [2.45, 2.75) is 13.0 Å². The van der Waals surface area contributed by atoms with Gasteiger partial charge in [-0.15, -0.1) is 0 Å². The van der Waals surface area contributed by atoms with Gasteiger partial charge in [0.05, 0.1) is 6.10 Å². The van der Waals surface area contributed by atoms with Crippen molar-refractivity contribution in [3.63, 3.8) is 0 Å². The zero-order valence-electron chi connectivity index (χ0n) is 9.61. The molecule has 0 bridgehead atoms. The Morgan fingerprint density at radius 1 is 1.59 bits per heavy atom. The molecule has 0 aliphatic carbocycles. The molecule has 3 N–H and O–H groups in total.